The summed E-state index contributed by atoms with van der Waals surface area (Å²) in [6.07, 6.45) is 6.67. The van der Waals surface area contributed by atoms with Crippen LogP contribution in [0.15, 0.2) is 48.8 Å². The minimum Gasteiger partial charge on any atom is -0.334 e. The first-order valence-electron chi connectivity index (χ1n) is 9.70. The maximum Gasteiger partial charge on any atom is 0.319 e. The Balaban J connectivity index is 1.32. The summed E-state index contributed by atoms with van der Waals surface area (Å²) in [5.41, 5.74) is 8.50. The molecule has 5 N–H and O–H groups in total. The quantitative estimate of drug-likeness (QED) is 0.640. The van der Waals surface area contributed by atoms with Gasteiger partial charge in [0.15, 0.2) is 0 Å². The SMILES string of the molecule is NC1C2CCC(C2)C1C(=O)Nc1cccc(NC(=O)NCc2ccncc2)c1. The summed E-state index contributed by atoms with van der Waals surface area (Å²) in [5, 5.41) is 8.56. The molecule has 1 heterocycles. The smallest absolute Gasteiger partial charge is 0.319 e. The van der Waals surface area contributed by atoms with Gasteiger partial charge in [0.2, 0.25) is 5.91 Å². The first kappa shape index (κ1) is 18.4. The van der Waals surface area contributed by atoms with Crippen LogP contribution in [0.25, 0.3) is 0 Å². The van der Waals surface area contributed by atoms with Gasteiger partial charge in [0.05, 0.1) is 5.92 Å². The molecule has 7 nitrogen and oxygen atoms in total. The highest BCUT2D eigenvalue weighted by molar-refractivity contribution is 5.95. The van der Waals surface area contributed by atoms with Gasteiger partial charge in [-0.1, -0.05) is 6.07 Å². The van der Waals surface area contributed by atoms with Gasteiger partial charge in [0.25, 0.3) is 0 Å². The van der Waals surface area contributed by atoms with Crippen LogP contribution in [0.4, 0.5) is 16.2 Å². The highest BCUT2D eigenvalue weighted by Crippen LogP contribution is 2.47. The van der Waals surface area contributed by atoms with Crippen LogP contribution in [0.1, 0.15) is 24.8 Å². The van der Waals surface area contributed by atoms with Gasteiger partial charge in [-0.15, -0.1) is 0 Å². The molecular weight excluding hydrogens is 354 g/mol. The number of benzene rings is 1. The number of nitrogens with two attached hydrogens (primary N) is 1. The van der Waals surface area contributed by atoms with Crippen molar-refractivity contribution in [2.45, 2.75) is 31.8 Å². The first-order valence-corrected chi connectivity index (χ1v) is 9.70. The number of urea groups is 1. The first-order chi connectivity index (χ1) is 13.6. The van der Waals surface area contributed by atoms with E-state index in [0.29, 0.717) is 29.8 Å². The Morgan fingerprint density at radius 2 is 1.75 bits per heavy atom. The number of aromatic nitrogens is 1. The number of amides is 3. The monoisotopic (exact) mass is 379 g/mol. The van der Waals surface area contributed by atoms with Crippen molar-refractivity contribution in [3.8, 4) is 0 Å². The highest BCUT2D eigenvalue weighted by Gasteiger charge is 2.49. The van der Waals surface area contributed by atoms with E-state index in [2.05, 4.69) is 20.9 Å². The van der Waals surface area contributed by atoms with Crippen molar-refractivity contribution in [2.75, 3.05) is 10.6 Å². The summed E-state index contributed by atoms with van der Waals surface area (Å²) in [5.74, 6) is 0.760. The van der Waals surface area contributed by atoms with Crippen LogP contribution in [-0.4, -0.2) is 23.0 Å². The molecule has 2 fully saturated rings. The Kier molecular flexibility index (Phi) is 5.25. The lowest BCUT2D eigenvalue weighted by atomic mass is 9.84. The van der Waals surface area contributed by atoms with Crippen molar-refractivity contribution >= 4 is 23.3 Å². The minimum atomic E-state index is -0.310. The maximum atomic E-state index is 12.7. The molecular formula is C21H25N5O2. The summed E-state index contributed by atoms with van der Waals surface area (Å²) in [7, 11) is 0. The Morgan fingerprint density at radius 1 is 1.04 bits per heavy atom. The van der Waals surface area contributed by atoms with Gasteiger partial charge in [-0.05, 0) is 67.0 Å². The lowest BCUT2D eigenvalue weighted by Crippen LogP contribution is -2.42. The number of carbonyl (C=O) groups is 2. The third kappa shape index (κ3) is 3.99. The third-order valence-corrected chi connectivity index (χ3v) is 5.87. The number of hydrogen-bond acceptors (Lipinski definition) is 4. The van der Waals surface area contributed by atoms with E-state index in [9.17, 15) is 9.59 Å². The molecule has 2 saturated carbocycles. The van der Waals surface area contributed by atoms with Crippen molar-refractivity contribution < 1.29 is 9.59 Å². The molecule has 2 aliphatic carbocycles. The summed E-state index contributed by atoms with van der Waals surface area (Å²) in [6.45, 7) is 0.410. The largest absolute Gasteiger partial charge is 0.334 e. The molecule has 146 valence electrons. The highest BCUT2D eigenvalue weighted by atomic mass is 16.2. The zero-order chi connectivity index (χ0) is 19.5. The number of hydrogen-bond donors (Lipinski definition) is 4. The molecule has 2 aliphatic rings. The number of rotatable bonds is 5. The standard InChI is InChI=1S/C21H25N5O2/c22-19-15-5-4-14(10-15)18(19)20(27)25-16-2-1-3-17(11-16)26-21(28)24-12-13-6-8-23-9-7-13/h1-3,6-9,11,14-15,18-19H,4-5,10,12,22H2,(H,25,27)(H2,24,26,28). The summed E-state index contributed by atoms with van der Waals surface area (Å²) < 4.78 is 0. The second-order valence-electron chi connectivity index (χ2n) is 7.67. The summed E-state index contributed by atoms with van der Waals surface area (Å²) in [6, 6.07) is 10.5. The van der Waals surface area contributed by atoms with Crippen LogP contribution in [0.5, 0.6) is 0 Å². The molecule has 2 bridgehead atoms. The molecule has 0 radical (unpaired) electrons. The molecule has 2 aromatic rings. The second-order valence-corrected chi connectivity index (χ2v) is 7.67. The average molecular weight is 379 g/mol. The fourth-order valence-corrected chi connectivity index (χ4v) is 4.48. The van der Waals surface area contributed by atoms with Crippen LogP contribution in [-0.2, 0) is 11.3 Å². The van der Waals surface area contributed by atoms with E-state index in [-0.39, 0.29) is 23.9 Å². The van der Waals surface area contributed by atoms with Crippen molar-refractivity contribution in [2.24, 2.45) is 23.5 Å². The molecule has 4 unspecified atom stereocenters. The predicted molar refractivity (Wildman–Crippen MR) is 107 cm³/mol. The normalized spacial score (nSPS) is 25.3. The van der Waals surface area contributed by atoms with E-state index >= 15 is 0 Å². The van der Waals surface area contributed by atoms with E-state index in [1.807, 2.05) is 18.2 Å². The summed E-state index contributed by atoms with van der Waals surface area (Å²) in [4.78, 5) is 28.8. The second kappa shape index (κ2) is 7.98. The molecule has 4 atom stereocenters. The van der Waals surface area contributed by atoms with Crippen LogP contribution in [0, 0.1) is 17.8 Å². The number of anilines is 2. The van der Waals surface area contributed by atoms with Crippen LogP contribution >= 0.6 is 0 Å². The van der Waals surface area contributed by atoms with E-state index < -0.39 is 0 Å². The fraction of sp³-hybridized carbons (Fsp3) is 0.381. The number of carbonyl (C=O) groups excluding carboxylic acids is 2. The Labute approximate surface area is 164 Å². The lowest BCUT2D eigenvalue weighted by molar-refractivity contribution is -0.121. The van der Waals surface area contributed by atoms with Crippen molar-refractivity contribution in [3.05, 3.63) is 54.4 Å². The molecule has 0 aliphatic heterocycles. The average Bonchev–Trinajstić information content (AvgIpc) is 3.29. The van der Waals surface area contributed by atoms with Gasteiger partial charge in [-0.2, -0.15) is 0 Å². The fourth-order valence-electron chi connectivity index (χ4n) is 4.48. The molecule has 28 heavy (non-hydrogen) atoms. The molecule has 0 spiro atoms. The van der Waals surface area contributed by atoms with Gasteiger partial charge >= 0.3 is 6.03 Å². The van der Waals surface area contributed by atoms with Crippen molar-refractivity contribution in [1.82, 2.24) is 10.3 Å². The van der Waals surface area contributed by atoms with Gasteiger partial charge in [0.1, 0.15) is 0 Å². The van der Waals surface area contributed by atoms with Crippen LogP contribution in [0.2, 0.25) is 0 Å². The van der Waals surface area contributed by atoms with Gasteiger partial charge < -0.3 is 21.7 Å². The van der Waals surface area contributed by atoms with Crippen molar-refractivity contribution in [1.29, 1.82) is 0 Å². The molecule has 4 rings (SSSR count). The van der Waals surface area contributed by atoms with Gasteiger partial charge in [-0.3, -0.25) is 9.78 Å². The zero-order valence-corrected chi connectivity index (χ0v) is 15.6. The van der Waals surface area contributed by atoms with Crippen LogP contribution in [0.3, 0.4) is 0 Å². The molecule has 1 aromatic heterocycles. The number of fused-ring (bicyclic) bond motifs is 2. The topological polar surface area (TPSA) is 109 Å². The van der Waals surface area contributed by atoms with Crippen LogP contribution < -0.4 is 21.7 Å². The van der Waals surface area contributed by atoms with E-state index in [0.717, 1.165) is 24.8 Å². The summed E-state index contributed by atoms with van der Waals surface area (Å²) >= 11 is 0. The predicted octanol–water partition coefficient (Wildman–Crippen LogP) is 2.72. The van der Waals surface area contributed by atoms with Gasteiger partial charge in [-0.25, -0.2) is 4.79 Å². The van der Waals surface area contributed by atoms with E-state index in [1.165, 1.54) is 0 Å². The molecule has 3 amide bonds. The molecule has 7 heteroatoms. The lowest BCUT2D eigenvalue weighted by Gasteiger charge is -2.27. The maximum absolute atomic E-state index is 12.7. The Morgan fingerprint density at radius 3 is 2.46 bits per heavy atom. The van der Waals surface area contributed by atoms with Crippen molar-refractivity contribution in [3.63, 3.8) is 0 Å². The number of nitrogens with zero attached hydrogens (tertiary/aromatic N) is 1. The number of pyridine rings is 1. The molecule has 1 aromatic carbocycles. The van der Waals surface area contributed by atoms with Gasteiger partial charge in [0, 0.05) is 36.4 Å². The Hall–Kier alpha value is -2.93. The van der Waals surface area contributed by atoms with E-state index in [1.54, 1.807) is 30.6 Å². The third-order valence-electron chi connectivity index (χ3n) is 5.87. The molecule has 0 saturated heterocycles. The number of nitrogens with one attached hydrogen (secondary N) is 3. The van der Waals surface area contributed by atoms with E-state index in [4.69, 9.17) is 5.73 Å². The minimum absolute atomic E-state index is 0.0148. The Bertz CT molecular complexity index is 855. The zero-order valence-electron chi connectivity index (χ0n) is 15.6.